The summed E-state index contributed by atoms with van der Waals surface area (Å²) in [5, 5.41) is 4.97. The standard InChI is InChI=1S/C28H20FN3O3/c29-23-12-10-20(11-13-23)25-15-14-24(35-25)17-31-32-28(33)22-8-6-19(7-9-22)18-34-26-5-1-3-21-4-2-16-30-27(21)26/h1-17H,18H2,(H,32,33)/b31-17+. The summed E-state index contributed by atoms with van der Waals surface area (Å²) in [6, 6.07) is 26.2. The van der Waals surface area contributed by atoms with Gasteiger partial charge in [0.25, 0.3) is 5.91 Å². The first-order valence-electron chi connectivity index (χ1n) is 10.9. The van der Waals surface area contributed by atoms with Crippen LogP contribution >= 0.6 is 0 Å². The summed E-state index contributed by atoms with van der Waals surface area (Å²) in [5.41, 5.74) is 5.42. The van der Waals surface area contributed by atoms with Crippen LogP contribution in [0.4, 0.5) is 4.39 Å². The summed E-state index contributed by atoms with van der Waals surface area (Å²) in [7, 11) is 0. The number of ether oxygens (including phenoxy) is 1. The second-order valence-corrected chi connectivity index (χ2v) is 7.72. The van der Waals surface area contributed by atoms with Gasteiger partial charge in [0.05, 0.1) is 6.21 Å². The summed E-state index contributed by atoms with van der Waals surface area (Å²) in [4.78, 5) is 16.8. The molecule has 0 aliphatic carbocycles. The van der Waals surface area contributed by atoms with Crippen LogP contribution in [-0.4, -0.2) is 17.1 Å². The number of rotatable bonds is 7. The number of carbonyl (C=O) groups is 1. The van der Waals surface area contributed by atoms with E-state index < -0.39 is 0 Å². The lowest BCUT2D eigenvalue weighted by Gasteiger charge is -2.09. The van der Waals surface area contributed by atoms with Gasteiger partial charge < -0.3 is 9.15 Å². The van der Waals surface area contributed by atoms with Crippen LogP contribution in [0.15, 0.2) is 107 Å². The molecule has 6 nitrogen and oxygen atoms in total. The van der Waals surface area contributed by atoms with Gasteiger partial charge >= 0.3 is 0 Å². The molecule has 0 radical (unpaired) electrons. The van der Waals surface area contributed by atoms with Crippen molar-refractivity contribution in [1.82, 2.24) is 10.4 Å². The normalized spacial score (nSPS) is 11.1. The second-order valence-electron chi connectivity index (χ2n) is 7.72. The number of benzene rings is 3. The molecule has 35 heavy (non-hydrogen) atoms. The van der Waals surface area contributed by atoms with Gasteiger partial charge in [-0.15, -0.1) is 0 Å². The van der Waals surface area contributed by atoms with E-state index in [0.29, 0.717) is 29.4 Å². The molecule has 1 N–H and O–H groups in total. The number of pyridine rings is 1. The quantitative estimate of drug-likeness (QED) is 0.237. The lowest BCUT2D eigenvalue weighted by molar-refractivity contribution is 0.0955. The highest BCUT2D eigenvalue weighted by Gasteiger charge is 2.07. The summed E-state index contributed by atoms with van der Waals surface area (Å²) in [6.45, 7) is 0.352. The van der Waals surface area contributed by atoms with Gasteiger partial charge in [0.2, 0.25) is 0 Å². The van der Waals surface area contributed by atoms with Gasteiger partial charge in [-0.25, -0.2) is 9.82 Å². The molecule has 0 atom stereocenters. The maximum Gasteiger partial charge on any atom is 0.271 e. The number of carbonyl (C=O) groups excluding carboxylic acids is 1. The minimum absolute atomic E-state index is 0.313. The molecule has 0 saturated carbocycles. The Morgan fingerprint density at radius 2 is 1.77 bits per heavy atom. The molecule has 172 valence electrons. The first kappa shape index (κ1) is 22.0. The van der Waals surface area contributed by atoms with E-state index in [-0.39, 0.29) is 11.7 Å². The number of fused-ring (bicyclic) bond motifs is 1. The highest BCUT2D eigenvalue weighted by atomic mass is 19.1. The zero-order valence-corrected chi connectivity index (χ0v) is 18.5. The zero-order valence-electron chi connectivity index (χ0n) is 18.5. The van der Waals surface area contributed by atoms with Crippen molar-refractivity contribution >= 4 is 23.0 Å². The van der Waals surface area contributed by atoms with Crippen LogP contribution in [0.2, 0.25) is 0 Å². The fraction of sp³-hybridized carbons (Fsp3) is 0.0357. The van der Waals surface area contributed by atoms with Crippen LogP contribution in [0.25, 0.3) is 22.2 Å². The summed E-state index contributed by atoms with van der Waals surface area (Å²) < 4.78 is 24.7. The molecule has 0 unspecified atom stereocenters. The second kappa shape index (κ2) is 10.0. The van der Waals surface area contributed by atoms with Crippen molar-refractivity contribution in [3.05, 3.63) is 120 Å². The Bertz CT molecular complexity index is 1490. The van der Waals surface area contributed by atoms with Crippen LogP contribution in [0, 0.1) is 5.82 Å². The number of para-hydroxylation sites is 1. The first-order chi connectivity index (χ1) is 17.2. The van der Waals surface area contributed by atoms with E-state index in [1.165, 1.54) is 18.3 Å². The number of nitrogens with one attached hydrogen (secondary N) is 1. The van der Waals surface area contributed by atoms with Crippen molar-refractivity contribution in [3.63, 3.8) is 0 Å². The predicted octanol–water partition coefficient (Wildman–Crippen LogP) is 5.98. The highest BCUT2D eigenvalue weighted by Crippen LogP contribution is 2.24. The predicted molar refractivity (Wildman–Crippen MR) is 132 cm³/mol. The SMILES string of the molecule is O=C(N/N=C/c1ccc(-c2ccc(F)cc2)o1)c1ccc(COc2cccc3cccnc23)cc1. The minimum atomic E-state index is -0.350. The molecule has 0 saturated heterocycles. The maximum absolute atomic E-state index is 13.1. The van der Waals surface area contributed by atoms with E-state index in [1.54, 1.807) is 42.6 Å². The van der Waals surface area contributed by atoms with Crippen LogP contribution < -0.4 is 10.2 Å². The number of hydrogen-bond donors (Lipinski definition) is 1. The Kier molecular flexibility index (Phi) is 6.30. The third-order valence-corrected chi connectivity index (χ3v) is 5.32. The molecule has 5 aromatic rings. The van der Waals surface area contributed by atoms with Crippen molar-refractivity contribution in [3.8, 4) is 17.1 Å². The number of halogens is 1. The van der Waals surface area contributed by atoms with E-state index in [4.69, 9.17) is 9.15 Å². The lowest BCUT2D eigenvalue weighted by Crippen LogP contribution is -2.17. The largest absolute Gasteiger partial charge is 0.487 e. The molecule has 0 bridgehead atoms. The molecule has 3 aromatic carbocycles. The average Bonchev–Trinajstić information content (AvgIpc) is 3.37. The first-order valence-corrected chi connectivity index (χ1v) is 10.9. The third-order valence-electron chi connectivity index (χ3n) is 5.32. The minimum Gasteiger partial charge on any atom is -0.487 e. The number of furan rings is 1. The number of hydrazone groups is 1. The Hall–Kier alpha value is -4.78. The fourth-order valence-electron chi connectivity index (χ4n) is 3.52. The third kappa shape index (κ3) is 5.25. The average molecular weight is 465 g/mol. The van der Waals surface area contributed by atoms with Gasteiger partial charge in [0, 0.05) is 22.7 Å². The molecule has 0 spiro atoms. The number of aromatic nitrogens is 1. The molecule has 0 aliphatic heterocycles. The lowest BCUT2D eigenvalue weighted by atomic mass is 10.1. The van der Waals surface area contributed by atoms with Gasteiger partial charge in [-0.05, 0) is 66.2 Å². The summed E-state index contributed by atoms with van der Waals surface area (Å²) >= 11 is 0. The van der Waals surface area contributed by atoms with Crippen LogP contribution in [0.1, 0.15) is 21.7 Å². The van der Waals surface area contributed by atoms with E-state index in [0.717, 1.165) is 22.0 Å². The number of amides is 1. The molecule has 0 fully saturated rings. The van der Waals surface area contributed by atoms with E-state index in [9.17, 15) is 9.18 Å². The van der Waals surface area contributed by atoms with Gasteiger partial charge in [0.15, 0.2) is 0 Å². The van der Waals surface area contributed by atoms with Gasteiger partial charge in [-0.3, -0.25) is 9.78 Å². The van der Waals surface area contributed by atoms with Crippen LogP contribution in [0.3, 0.4) is 0 Å². The van der Waals surface area contributed by atoms with Crippen molar-refractivity contribution in [2.75, 3.05) is 0 Å². The Morgan fingerprint density at radius 3 is 2.60 bits per heavy atom. The molecule has 5 rings (SSSR count). The zero-order chi connectivity index (χ0) is 24.0. The van der Waals surface area contributed by atoms with E-state index >= 15 is 0 Å². The Labute approximate surface area is 200 Å². The molecule has 2 heterocycles. The smallest absolute Gasteiger partial charge is 0.271 e. The maximum atomic E-state index is 13.1. The summed E-state index contributed by atoms with van der Waals surface area (Å²) in [5.74, 6) is 1.08. The van der Waals surface area contributed by atoms with E-state index in [1.807, 2.05) is 42.5 Å². The molecule has 7 heteroatoms. The molecular weight excluding hydrogens is 445 g/mol. The van der Waals surface area contributed by atoms with Gasteiger partial charge in [-0.1, -0.05) is 30.3 Å². The van der Waals surface area contributed by atoms with Crippen molar-refractivity contribution in [2.24, 2.45) is 5.10 Å². The topological polar surface area (TPSA) is 76.7 Å². The summed E-state index contributed by atoms with van der Waals surface area (Å²) in [6.07, 6.45) is 3.15. The fourth-order valence-corrected chi connectivity index (χ4v) is 3.52. The molecule has 2 aromatic heterocycles. The molecule has 1 amide bonds. The van der Waals surface area contributed by atoms with Crippen LogP contribution in [0.5, 0.6) is 5.75 Å². The molecule has 0 aliphatic rings. The van der Waals surface area contributed by atoms with Crippen LogP contribution in [-0.2, 0) is 6.61 Å². The number of nitrogens with zero attached hydrogens (tertiary/aromatic N) is 2. The molecular formula is C28H20FN3O3. The Morgan fingerprint density at radius 1 is 0.971 bits per heavy atom. The Balaban J connectivity index is 1.16. The van der Waals surface area contributed by atoms with Crippen molar-refractivity contribution < 1.29 is 18.3 Å². The van der Waals surface area contributed by atoms with Gasteiger partial charge in [0.1, 0.15) is 35.2 Å². The van der Waals surface area contributed by atoms with Gasteiger partial charge in [-0.2, -0.15) is 5.10 Å². The number of hydrogen-bond acceptors (Lipinski definition) is 5. The van der Waals surface area contributed by atoms with Crippen molar-refractivity contribution in [1.29, 1.82) is 0 Å². The monoisotopic (exact) mass is 465 g/mol. The highest BCUT2D eigenvalue weighted by molar-refractivity contribution is 5.94. The van der Waals surface area contributed by atoms with E-state index in [2.05, 4.69) is 15.5 Å². The van der Waals surface area contributed by atoms with Crippen molar-refractivity contribution in [2.45, 2.75) is 6.61 Å².